The molecule has 0 aromatic carbocycles. The quantitative estimate of drug-likeness (QED) is 0.594. The van der Waals surface area contributed by atoms with Crippen molar-refractivity contribution in [1.29, 1.82) is 0 Å². The SMILES string of the molecule is CC(C)NC(=O)CCNC(=O)c1n[nH]c2c1CNCC2. The van der Waals surface area contributed by atoms with Crippen LogP contribution in [0.5, 0.6) is 0 Å². The first kappa shape index (κ1) is 14.5. The van der Waals surface area contributed by atoms with Gasteiger partial charge in [-0.3, -0.25) is 14.7 Å². The monoisotopic (exact) mass is 279 g/mol. The molecule has 2 amide bonds. The number of aromatic nitrogens is 2. The highest BCUT2D eigenvalue weighted by Gasteiger charge is 2.21. The molecule has 0 fully saturated rings. The molecule has 0 spiro atoms. The average Bonchev–Trinajstić information content (AvgIpc) is 2.81. The Morgan fingerprint density at radius 3 is 2.95 bits per heavy atom. The summed E-state index contributed by atoms with van der Waals surface area (Å²) in [7, 11) is 0. The summed E-state index contributed by atoms with van der Waals surface area (Å²) in [4.78, 5) is 23.5. The van der Waals surface area contributed by atoms with Crippen molar-refractivity contribution in [3.63, 3.8) is 0 Å². The van der Waals surface area contributed by atoms with Crippen LogP contribution in [0.1, 0.15) is 42.0 Å². The molecule has 1 aliphatic rings. The lowest BCUT2D eigenvalue weighted by atomic mass is 10.1. The number of rotatable bonds is 5. The lowest BCUT2D eigenvalue weighted by molar-refractivity contribution is -0.121. The molecule has 7 heteroatoms. The second kappa shape index (κ2) is 6.51. The van der Waals surface area contributed by atoms with E-state index in [-0.39, 0.29) is 24.3 Å². The highest BCUT2D eigenvalue weighted by atomic mass is 16.2. The third kappa shape index (κ3) is 3.57. The summed E-state index contributed by atoms with van der Waals surface area (Å²) in [5.74, 6) is -0.297. The van der Waals surface area contributed by atoms with Gasteiger partial charge >= 0.3 is 0 Å². The van der Waals surface area contributed by atoms with Crippen molar-refractivity contribution in [1.82, 2.24) is 26.1 Å². The Labute approximate surface area is 117 Å². The van der Waals surface area contributed by atoms with Crippen molar-refractivity contribution in [3.8, 4) is 0 Å². The number of carbonyl (C=O) groups is 2. The molecule has 7 nitrogen and oxygen atoms in total. The summed E-state index contributed by atoms with van der Waals surface area (Å²) in [6, 6.07) is 0.114. The van der Waals surface area contributed by atoms with Gasteiger partial charge in [-0.1, -0.05) is 0 Å². The summed E-state index contributed by atoms with van der Waals surface area (Å²) in [6.45, 7) is 5.67. The first-order valence-electron chi connectivity index (χ1n) is 6.92. The molecule has 0 radical (unpaired) electrons. The van der Waals surface area contributed by atoms with Crippen LogP contribution < -0.4 is 16.0 Å². The molecule has 2 rings (SSSR count). The van der Waals surface area contributed by atoms with E-state index in [4.69, 9.17) is 0 Å². The van der Waals surface area contributed by atoms with Gasteiger partial charge in [-0.25, -0.2) is 0 Å². The van der Waals surface area contributed by atoms with Crippen LogP contribution >= 0.6 is 0 Å². The van der Waals surface area contributed by atoms with E-state index in [0.717, 1.165) is 24.2 Å². The van der Waals surface area contributed by atoms with Gasteiger partial charge in [0.05, 0.1) is 0 Å². The lowest BCUT2D eigenvalue weighted by Crippen LogP contribution is -2.34. The number of hydrogen-bond acceptors (Lipinski definition) is 4. The minimum atomic E-state index is -0.233. The van der Waals surface area contributed by atoms with Gasteiger partial charge in [0.1, 0.15) is 0 Å². The first-order valence-corrected chi connectivity index (χ1v) is 6.92. The van der Waals surface area contributed by atoms with E-state index in [1.807, 2.05) is 13.8 Å². The average molecular weight is 279 g/mol. The summed E-state index contributed by atoms with van der Waals surface area (Å²) in [6.07, 6.45) is 1.13. The van der Waals surface area contributed by atoms with E-state index in [1.54, 1.807) is 0 Å². The Balaban J connectivity index is 1.83. The van der Waals surface area contributed by atoms with E-state index < -0.39 is 0 Å². The summed E-state index contributed by atoms with van der Waals surface area (Å²) >= 11 is 0. The van der Waals surface area contributed by atoms with Crippen LogP contribution in [0.15, 0.2) is 0 Å². The number of carbonyl (C=O) groups excluding carboxylic acids is 2. The van der Waals surface area contributed by atoms with Crippen LogP contribution in [-0.4, -0.2) is 41.1 Å². The molecular formula is C13H21N5O2. The van der Waals surface area contributed by atoms with Crippen molar-refractivity contribution < 1.29 is 9.59 Å². The van der Waals surface area contributed by atoms with Gasteiger partial charge in [0.25, 0.3) is 5.91 Å². The van der Waals surface area contributed by atoms with Crippen molar-refractivity contribution >= 4 is 11.8 Å². The van der Waals surface area contributed by atoms with Gasteiger partial charge < -0.3 is 16.0 Å². The van der Waals surface area contributed by atoms with Gasteiger partial charge in [-0.05, 0) is 13.8 Å². The third-order valence-corrected chi connectivity index (χ3v) is 3.11. The fraction of sp³-hybridized carbons (Fsp3) is 0.615. The third-order valence-electron chi connectivity index (χ3n) is 3.11. The Bertz CT molecular complexity index is 495. The molecule has 20 heavy (non-hydrogen) atoms. The molecule has 4 N–H and O–H groups in total. The molecular weight excluding hydrogens is 258 g/mol. The fourth-order valence-corrected chi connectivity index (χ4v) is 2.18. The van der Waals surface area contributed by atoms with Crippen LogP contribution in [0, 0.1) is 0 Å². The first-order chi connectivity index (χ1) is 9.58. The molecule has 0 saturated carbocycles. The summed E-state index contributed by atoms with van der Waals surface area (Å²) < 4.78 is 0. The largest absolute Gasteiger partial charge is 0.354 e. The van der Waals surface area contributed by atoms with Crippen LogP contribution in [-0.2, 0) is 17.8 Å². The Hall–Kier alpha value is -1.89. The van der Waals surface area contributed by atoms with E-state index >= 15 is 0 Å². The predicted octanol–water partition coefficient (Wildman–Crippen LogP) is -0.300. The summed E-state index contributed by atoms with van der Waals surface area (Å²) in [5, 5.41) is 15.7. The minimum Gasteiger partial charge on any atom is -0.354 e. The molecule has 0 bridgehead atoms. The number of nitrogens with zero attached hydrogens (tertiary/aromatic N) is 1. The predicted molar refractivity (Wildman–Crippen MR) is 74.2 cm³/mol. The topological polar surface area (TPSA) is 98.9 Å². The van der Waals surface area contributed by atoms with Gasteiger partial charge in [0.2, 0.25) is 5.91 Å². The van der Waals surface area contributed by atoms with Gasteiger partial charge in [-0.15, -0.1) is 0 Å². The Morgan fingerprint density at radius 2 is 2.20 bits per heavy atom. The zero-order chi connectivity index (χ0) is 14.5. The number of nitrogens with one attached hydrogen (secondary N) is 4. The molecule has 0 unspecified atom stereocenters. The van der Waals surface area contributed by atoms with E-state index in [2.05, 4.69) is 26.1 Å². The number of H-pyrrole nitrogens is 1. The molecule has 0 saturated heterocycles. The van der Waals surface area contributed by atoms with E-state index in [1.165, 1.54) is 0 Å². The maximum absolute atomic E-state index is 12.0. The highest BCUT2D eigenvalue weighted by molar-refractivity contribution is 5.94. The smallest absolute Gasteiger partial charge is 0.272 e. The molecule has 0 atom stereocenters. The highest BCUT2D eigenvalue weighted by Crippen LogP contribution is 2.14. The number of fused-ring (bicyclic) bond motifs is 1. The maximum Gasteiger partial charge on any atom is 0.272 e. The number of amides is 2. The van der Waals surface area contributed by atoms with E-state index in [0.29, 0.717) is 18.8 Å². The zero-order valence-electron chi connectivity index (χ0n) is 11.9. The maximum atomic E-state index is 12.0. The second-order valence-corrected chi connectivity index (χ2v) is 5.18. The van der Waals surface area contributed by atoms with Crippen LogP contribution in [0.2, 0.25) is 0 Å². The zero-order valence-corrected chi connectivity index (χ0v) is 11.9. The fourth-order valence-electron chi connectivity index (χ4n) is 2.18. The van der Waals surface area contributed by atoms with Crippen molar-refractivity contribution in [2.45, 2.75) is 39.3 Å². The molecule has 1 aromatic rings. The molecule has 1 aliphatic heterocycles. The van der Waals surface area contributed by atoms with Crippen LogP contribution in [0.3, 0.4) is 0 Å². The van der Waals surface area contributed by atoms with Crippen molar-refractivity contribution in [2.24, 2.45) is 0 Å². The lowest BCUT2D eigenvalue weighted by Gasteiger charge is -2.13. The molecule has 0 aliphatic carbocycles. The van der Waals surface area contributed by atoms with Gasteiger partial charge in [0.15, 0.2) is 5.69 Å². The second-order valence-electron chi connectivity index (χ2n) is 5.18. The molecule has 2 heterocycles. The standard InChI is InChI=1S/C13H21N5O2/c1-8(2)16-11(19)4-6-15-13(20)12-9-7-14-5-3-10(9)17-18-12/h8,14H,3-7H2,1-2H3,(H,15,20)(H,16,19)(H,17,18). The van der Waals surface area contributed by atoms with Crippen LogP contribution in [0.4, 0.5) is 0 Å². The summed E-state index contributed by atoms with van der Waals surface area (Å²) in [5.41, 5.74) is 2.38. The number of aromatic amines is 1. The Kier molecular flexibility index (Phi) is 4.73. The van der Waals surface area contributed by atoms with Crippen LogP contribution in [0.25, 0.3) is 0 Å². The van der Waals surface area contributed by atoms with Crippen molar-refractivity contribution in [3.05, 3.63) is 17.0 Å². The Morgan fingerprint density at radius 1 is 1.40 bits per heavy atom. The normalized spacial score (nSPS) is 13.9. The van der Waals surface area contributed by atoms with E-state index in [9.17, 15) is 9.59 Å². The number of hydrogen-bond donors (Lipinski definition) is 4. The van der Waals surface area contributed by atoms with Gasteiger partial charge in [0, 0.05) is 49.8 Å². The molecule has 110 valence electrons. The molecule has 1 aromatic heterocycles. The van der Waals surface area contributed by atoms with Gasteiger partial charge in [-0.2, -0.15) is 5.10 Å². The minimum absolute atomic E-state index is 0.0639. The van der Waals surface area contributed by atoms with Crippen molar-refractivity contribution in [2.75, 3.05) is 13.1 Å².